The fraction of sp³-hybridized carbons (Fsp3) is 0.0714. The van der Waals surface area contributed by atoms with Crippen LogP contribution in [-0.2, 0) is 0 Å². The Morgan fingerprint density at radius 2 is 2.10 bits per heavy atom. The van der Waals surface area contributed by atoms with Crippen LogP contribution in [0.2, 0.25) is 0 Å². The quantitative estimate of drug-likeness (QED) is 0.520. The van der Waals surface area contributed by atoms with Crippen molar-refractivity contribution in [2.75, 3.05) is 6.79 Å². The molecule has 0 fully saturated rings. The molecule has 1 aromatic carbocycles. The average molecular weight is 268 g/mol. The van der Waals surface area contributed by atoms with E-state index >= 15 is 0 Å². The number of amidine groups is 1. The Morgan fingerprint density at radius 3 is 2.95 bits per heavy atom. The summed E-state index contributed by atoms with van der Waals surface area (Å²) in [5, 5.41) is 7.86. The van der Waals surface area contributed by atoms with Crippen LogP contribution < -0.4 is 15.2 Å². The number of fused-ring (bicyclic) bond motifs is 1. The minimum absolute atomic E-state index is 0.251. The highest BCUT2D eigenvalue weighted by atomic mass is 16.7. The highest BCUT2D eigenvalue weighted by Gasteiger charge is 2.12. The molecule has 100 valence electrons. The molecular formula is C14H12N4O2. The van der Waals surface area contributed by atoms with E-state index in [1.807, 2.05) is 30.3 Å². The van der Waals surface area contributed by atoms with Crippen molar-refractivity contribution in [2.45, 2.75) is 0 Å². The molecule has 2 N–H and O–H groups in total. The summed E-state index contributed by atoms with van der Waals surface area (Å²) in [7, 11) is 0. The number of ether oxygens (including phenoxy) is 2. The molecule has 0 saturated heterocycles. The third-order valence-electron chi connectivity index (χ3n) is 2.70. The van der Waals surface area contributed by atoms with E-state index < -0.39 is 0 Å². The summed E-state index contributed by atoms with van der Waals surface area (Å²) in [5.74, 6) is 1.71. The highest BCUT2D eigenvalue weighted by Crippen LogP contribution is 2.31. The van der Waals surface area contributed by atoms with Crippen molar-refractivity contribution in [3.63, 3.8) is 0 Å². The van der Waals surface area contributed by atoms with Crippen molar-refractivity contribution in [1.82, 2.24) is 4.98 Å². The zero-order chi connectivity index (χ0) is 13.8. The second-order valence-electron chi connectivity index (χ2n) is 4.06. The molecule has 0 atom stereocenters. The lowest BCUT2D eigenvalue weighted by Crippen LogP contribution is -2.14. The summed E-state index contributed by atoms with van der Waals surface area (Å²) in [4.78, 5) is 4.09. The SMILES string of the molecule is N/C(=N/N=C/c1ccc2c(c1)OCO2)c1ccccn1. The first kappa shape index (κ1) is 12.2. The van der Waals surface area contributed by atoms with Gasteiger partial charge in [0, 0.05) is 6.20 Å². The maximum Gasteiger partial charge on any atom is 0.231 e. The molecule has 2 heterocycles. The maximum atomic E-state index is 5.78. The van der Waals surface area contributed by atoms with Gasteiger partial charge in [0.2, 0.25) is 6.79 Å². The highest BCUT2D eigenvalue weighted by molar-refractivity contribution is 5.96. The molecule has 0 saturated carbocycles. The first-order valence-electron chi connectivity index (χ1n) is 6.00. The molecule has 2 aromatic rings. The predicted molar refractivity (Wildman–Crippen MR) is 75.1 cm³/mol. The standard InChI is InChI=1S/C14H12N4O2/c15-14(11-3-1-2-6-16-11)18-17-8-10-4-5-12-13(7-10)20-9-19-12/h1-8H,9H2,(H2,15,18)/b17-8+. The Balaban J connectivity index is 1.74. The van der Waals surface area contributed by atoms with Crippen LogP contribution >= 0.6 is 0 Å². The smallest absolute Gasteiger partial charge is 0.231 e. The van der Waals surface area contributed by atoms with E-state index in [1.54, 1.807) is 18.5 Å². The van der Waals surface area contributed by atoms with Gasteiger partial charge >= 0.3 is 0 Å². The normalized spacial score (nSPS) is 13.9. The Kier molecular flexibility index (Phi) is 3.28. The molecule has 0 radical (unpaired) electrons. The van der Waals surface area contributed by atoms with E-state index in [2.05, 4.69) is 15.2 Å². The van der Waals surface area contributed by atoms with Crippen LogP contribution in [0.15, 0.2) is 52.8 Å². The lowest BCUT2D eigenvalue weighted by atomic mass is 10.2. The van der Waals surface area contributed by atoms with Crippen LogP contribution in [0.5, 0.6) is 11.5 Å². The van der Waals surface area contributed by atoms with Gasteiger partial charge in [0.05, 0.1) is 6.21 Å². The van der Waals surface area contributed by atoms with E-state index in [1.165, 1.54) is 0 Å². The minimum Gasteiger partial charge on any atom is -0.454 e. The molecule has 0 aliphatic carbocycles. The number of nitrogens with zero attached hydrogens (tertiary/aromatic N) is 3. The van der Waals surface area contributed by atoms with E-state index in [-0.39, 0.29) is 12.6 Å². The number of hydrogen-bond donors (Lipinski definition) is 1. The predicted octanol–water partition coefficient (Wildman–Crippen LogP) is 1.55. The first-order valence-corrected chi connectivity index (χ1v) is 6.00. The van der Waals surface area contributed by atoms with Crippen LogP contribution in [0, 0.1) is 0 Å². The summed E-state index contributed by atoms with van der Waals surface area (Å²) in [5.41, 5.74) is 7.22. The Bertz CT molecular complexity index is 668. The van der Waals surface area contributed by atoms with E-state index in [0.29, 0.717) is 11.4 Å². The van der Waals surface area contributed by atoms with E-state index in [0.717, 1.165) is 11.3 Å². The monoisotopic (exact) mass is 268 g/mol. The van der Waals surface area contributed by atoms with Crippen molar-refractivity contribution >= 4 is 12.1 Å². The second kappa shape index (κ2) is 5.40. The number of nitrogens with two attached hydrogens (primary N) is 1. The van der Waals surface area contributed by atoms with Crippen LogP contribution in [-0.4, -0.2) is 23.8 Å². The van der Waals surface area contributed by atoms with Gasteiger partial charge in [-0.05, 0) is 35.9 Å². The van der Waals surface area contributed by atoms with Gasteiger partial charge in [-0.15, -0.1) is 5.10 Å². The lowest BCUT2D eigenvalue weighted by molar-refractivity contribution is 0.174. The van der Waals surface area contributed by atoms with Gasteiger partial charge < -0.3 is 15.2 Å². The first-order chi connectivity index (χ1) is 9.83. The van der Waals surface area contributed by atoms with Gasteiger partial charge in [0.1, 0.15) is 5.69 Å². The van der Waals surface area contributed by atoms with Crippen LogP contribution in [0.4, 0.5) is 0 Å². The van der Waals surface area contributed by atoms with Gasteiger partial charge in [-0.25, -0.2) is 0 Å². The fourth-order valence-corrected chi connectivity index (χ4v) is 1.72. The van der Waals surface area contributed by atoms with Gasteiger partial charge in [0.25, 0.3) is 0 Å². The van der Waals surface area contributed by atoms with E-state index in [4.69, 9.17) is 15.2 Å². The largest absolute Gasteiger partial charge is 0.454 e. The molecule has 20 heavy (non-hydrogen) atoms. The summed E-state index contributed by atoms with van der Waals surface area (Å²) < 4.78 is 10.5. The fourth-order valence-electron chi connectivity index (χ4n) is 1.72. The molecule has 0 bridgehead atoms. The van der Waals surface area contributed by atoms with Crippen LogP contribution in [0.3, 0.4) is 0 Å². The molecule has 3 rings (SSSR count). The molecule has 1 aliphatic rings. The summed E-state index contributed by atoms with van der Waals surface area (Å²) >= 11 is 0. The molecular weight excluding hydrogens is 256 g/mol. The third-order valence-corrected chi connectivity index (χ3v) is 2.70. The molecule has 6 heteroatoms. The number of hydrogen-bond acceptors (Lipinski definition) is 5. The van der Waals surface area contributed by atoms with Crippen molar-refractivity contribution < 1.29 is 9.47 Å². The summed E-state index contributed by atoms with van der Waals surface area (Å²) in [6, 6.07) is 10.9. The van der Waals surface area contributed by atoms with Crippen molar-refractivity contribution in [3.8, 4) is 11.5 Å². The van der Waals surface area contributed by atoms with Crippen LogP contribution in [0.1, 0.15) is 11.3 Å². The van der Waals surface area contributed by atoms with E-state index in [9.17, 15) is 0 Å². The van der Waals surface area contributed by atoms with Crippen molar-refractivity contribution in [2.24, 2.45) is 15.9 Å². The van der Waals surface area contributed by atoms with Gasteiger partial charge in [-0.3, -0.25) is 4.98 Å². The van der Waals surface area contributed by atoms with Crippen molar-refractivity contribution in [1.29, 1.82) is 0 Å². The second-order valence-corrected chi connectivity index (χ2v) is 4.06. The Morgan fingerprint density at radius 1 is 1.20 bits per heavy atom. The summed E-state index contributed by atoms with van der Waals surface area (Å²) in [6.45, 7) is 0.251. The van der Waals surface area contributed by atoms with Crippen LogP contribution in [0.25, 0.3) is 0 Å². The third kappa shape index (κ3) is 2.59. The number of aromatic nitrogens is 1. The molecule has 1 aliphatic heterocycles. The number of rotatable bonds is 3. The maximum absolute atomic E-state index is 5.78. The zero-order valence-corrected chi connectivity index (χ0v) is 10.6. The Hall–Kier alpha value is -2.89. The number of benzene rings is 1. The molecule has 0 unspecified atom stereocenters. The molecule has 0 amide bonds. The molecule has 6 nitrogen and oxygen atoms in total. The average Bonchev–Trinajstić information content (AvgIpc) is 2.95. The summed E-state index contributed by atoms with van der Waals surface area (Å²) in [6.07, 6.45) is 3.25. The lowest BCUT2D eigenvalue weighted by Gasteiger charge is -1.97. The van der Waals surface area contributed by atoms with Gasteiger partial charge in [0.15, 0.2) is 17.3 Å². The van der Waals surface area contributed by atoms with Gasteiger partial charge in [-0.2, -0.15) is 5.10 Å². The number of pyridine rings is 1. The van der Waals surface area contributed by atoms with Crippen molar-refractivity contribution in [3.05, 3.63) is 53.9 Å². The topological polar surface area (TPSA) is 82.1 Å². The zero-order valence-electron chi connectivity index (χ0n) is 10.6. The van der Waals surface area contributed by atoms with Gasteiger partial charge in [-0.1, -0.05) is 6.07 Å². The molecule has 1 aromatic heterocycles. The minimum atomic E-state index is 0.251. The Labute approximate surface area is 115 Å². The molecule has 0 spiro atoms.